The van der Waals surface area contributed by atoms with E-state index in [1.54, 1.807) is 12.3 Å². The van der Waals surface area contributed by atoms with Gasteiger partial charge >= 0.3 is 0 Å². The third-order valence-corrected chi connectivity index (χ3v) is 3.16. The minimum Gasteiger partial charge on any atom is -0.457 e. The van der Waals surface area contributed by atoms with Gasteiger partial charge in [0.25, 0.3) is 0 Å². The standard InChI is InChI=1S/C16H16N4O/c17-15-19-11-10-16(18,20-15)13-8-4-5-9-14(13)21-12-6-2-1-3-7-12/h1-11H,18H2,(H3,17,19,20). The fourth-order valence-corrected chi connectivity index (χ4v) is 2.17. The molecule has 0 saturated heterocycles. The van der Waals surface area contributed by atoms with E-state index in [0.717, 1.165) is 11.3 Å². The van der Waals surface area contributed by atoms with Crippen molar-refractivity contribution < 1.29 is 4.74 Å². The molecular weight excluding hydrogens is 264 g/mol. The molecule has 1 aliphatic heterocycles. The average molecular weight is 280 g/mol. The molecule has 0 spiro atoms. The minimum absolute atomic E-state index is 0.273. The Kier molecular flexibility index (Phi) is 3.33. The van der Waals surface area contributed by atoms with Gasteiger partial charge in [0.15, 0.2) is 11.6 Å². The molecule has 2 aromatic carbocycles. The van der Waals surface area contributed by atoms with Crippen molar-refractivity contribution in [2.75, 3.05) is 0 Å². The molecule has 106 valence electrons. The summed E-state index contributed by atoms with van der Waals surface area (Å²) < 4.78 is 5.92. The minimum atomic E-state index is -1.04. The second-order valence-electron chi connectivity index (χ2n) is 4.71. The Hall–Kier alpha value is -2.79. The van der Waals surface area contributed by atoms with Crippen molar-refractivity contribution in [1.29, 1.82) is 0 Å². The Balaban J connectivity index is 2.00. The van der Waals surface area contributed by atoms with E-state index >= 15 is 0 Å². The van der Waals surface area contributed by atoms with E-state index in [1.807, 2.05) is 54.6 Å². The molecule has 1 atom stereocenters. The Morgan fingerprint density at radius 2 is 1.71 bits per heavy atom. The molecule has 5 heteroatoms. The first kappa shape index (κ1) is 13.2. The molecule has 0 bridgehead atoms. The lowest BCUT2D eigenvalue weighted by molar-refractivity contribution is 0.455. The molecule has 1 heterocycles. The monoisotopic (exact) mass is 280 g/mol. The first-order chi connectivity index (χ1) is 10.2. The van der Waals surface area contributed by atoms with Gasteiger partial charge in [0.2, 0.25) is 0 Å². The average Bonchev–Trinajstić information content (AvgIpc) is 2.48. The van der Waals surface area contributed by atoms with Crippen LogP contribution in [0, 0.1) is 0 Å². The van der Waals surface area contributed by atoms with Crippen LogP contribution in [0.4, 0.5) is 0 Å². The number of para-hydroxylation sites is 2. The van der Waals surface area contributed by atoms with E-state index < -0.39 is 5.66 Å². The summed E-state index contributed by atoms with van der Waals surface area (Å²) >= 11 is 0. The Bertz CT molecular complexity index is 696. The van der Waals surface area contributed by atoms with Crippen LogP contribution in [0.5, 0.6) is 11.5 Å². The molecule has 3 rings (SSSR count). The number of benzene rings is 2. The van der Waals surface area contributed by atoms with Gasteiger partial charge in [-0.15, -0.1) is 0 Å². The predicted molar refractivity (Wildman–Crippen MR) is 82.7 cm³/mol. The summed E-state index contributed by atoms with van der Waals surface area (Å²) in [5.74, 6) is 1.66. The molecule has 1 aliphatic rings. The van der Waals surface area contributed by atoms with Gasteiger partial charge in [-0.05, 0) is 24.3 Å². The largest absolute Gasteiger partial charge is 0.457 e. The highest BCUT2D eigenvalue weighted by Gasteiger charge is 2.29. The van der Waals surface area contributed by atoms with E-state index in [4.69, 9.17) is 16.2 Å². The summed E-state index contributed by atoms with van der Waals surface area (Å²) in [6, 6.07) is 17.1. The van der Waals surface area contributed by atoms with Crippen LogP contribution in [0.3, 0.4) is 0 Å². The van der Waals surface area contributed by atoms with Crippen LogP contribution >= 0.6 is 0 Å². The SMILES string of the molecule is NC1=NC(N)(c2ccccc2Oc2ccccc2)C=CN1. The Morgan fingerprint density at radius 3 is 2.48 bits per heavy atom. The van der Waals surface area contributed by atoms with Crippen molar-refractivity contribution in [3.05, 3.63) is 72.4 Å². The van der Waals surface area contributed by atoms with E-state index in [-0.39, 0.29) is 5.96 Å². The number of hydrogen-bond acceptors (Lipinski definition) is 5. The van der Waals surface area contributed by atoms with Gasteiger partial charge in [0.1, 0.15) is 11.5 Å². The maximum Gasteiger partial charge on any atom is 0.195 e. The highest BCUT2D eigenvalue weighted by atomic mass is 16.5. The topological polar surface area (TPSA) is 85.7 Å². The summed E-state index contributed by atoms with van der Waals surface area (Å²) in [5.41, 5.74) is 11.8. The lowest BCUT2D eigenvalue weighted by Gasteiger charge is -2.27. The molecule has 0 saturated carbocycles. The predicted octanol–water partition coefficient (Wildman–Crippen LogP) is 2.02. The molecule has 2 aromatic rings. The zero-order chi connectivity index (χ0) is 14.7. The molecule has 0 aromatic heterocycles. The molecule has 0 aliphatic carbocycles. The third-order valence-electron chi connectivity index (χ3n) is 3.16. The Labute approximate surface area is 122 Å². The normalized spacial score (nSPS) is 20.5. The van der Waals surface area contributed by atoms with Crippen LogP contribution in [-0.2, 0) is 5.66 Å². The van der Waals surface area contributed by atoms with Crippen molar-refractivity contribution >= 4 is 5.96 Å². The Morgan fingerprint density at radius 1 is 1.00 bits per heavy atom. The molecule has 0 radical (unpaired) electrons. The highest BCUT2D eigenvalue weighted by molar-refractivity contribution is 5.80. The number of nitrogens with two attached hydrogens (primary N) is 2. The van der Waals surface area contributed by atoms with Gasteiger partial charge in [-0.3, -0.25) is 5.73 Å². The van der Waals surface area contributed by atoms with Crippen molar-refractivity contribution in [2.45, 2.75) is 5.66 Å². The van der Waals surface area contributed by atoms with Crippen LogP contribution in [0.25, 0.3) is 0 Å². The smallest absolute Gasteiger partial charge is 0.195 e. The van der Waals surface area contributed by atoms with Gasteiger partial charge in [-0.2, -0.15) is 0 Å². The first-order valence-corrected chi connectivity index (χ1v) is 6.58. The molecular formula is C16H16N4O. The second kappa shape index (κ2) is 5.30. The van der Waals surface area contributed by atoms with E-state index in [9.17, 15) is 0 Å². The third kappa shape index (κ3) is 2.73. The fourth-order valence-electron chi connectivity index (χ4n) is 2.17. The lowest BCUT2D eigenvalue weighted by atomic mass is 9.99. The number of ether oxygens (including phenoxy) is 1. The van der Waals surface area contributed by atoms with Crippen LogP contribution in [0.15, 0.2) is 71.9 Å². The summed E-state index contributed by atoms with van der Waals surface area (Å²) in [4.78, 5) is 4.28. The number of guanidine groups is 1. The van der Waals surface area contributed by atoms with Crippen molar-refractivity contribution in [2.24, 2.45) is 16.5 Å². The number of nitrogens with zero attached hydrogens (tertiary/aromatic N) is 1. The zero-order valence-corrected chi connectivity index (χ0v) is 11.4. The quantitative estimate of drug-likeness (QED) is 0.803. The van der Waals surface area contributed by atoms with E-state index in [0.29, 0.717) is 5.75 Å². The molecule has 5 nitrogen and oxygen atoms in total. The van der Waals surface area contributed by atoms with Crippen molar-refractivity contribution in [3.8, 4) is 11.5 Å². The maximum absolute atomic E-state index is 6.35. The molecule has 5 N–H and O–H groups in total. The molecule has 0 fully saturated rings. The van der Waals surface area contributed by atoms with Crippen LogP contribution in [0.2, 0.25) is 0 Å². The van der Waals surface area contributed by atoms with Crippen LogP contribution in [0.1, 0.15) is 5.56 Å². The molecule has 0 amide bonds. The van der Waals surface area contributed by atoms with Gasteiger partial charge in [-0.25, -0.2) is 4.99 Å². The van der Waals surface area contributed by atoms with Gasteiger partial charge in [0, 0.05) is 11.8 Å². The fraction of sp³-hybridized carbons (Fsp3) is 0.0625. The first-order valence-electron chi connectivity index (χ1n) is 6.58. The summed E-state index contributed by atoms with van der Waals surface area (Å²) in [7, 11) is 0. The van der Waals surface area contributed by atoms with Crippen LogP contribution in [-0.4, -0.2) is 5.96 Å². The molecule has 1 unspecified atom stereocenters. The number of hydrogen-bond donors (Lipinski definition) is 3. The number of aliphatic imine (C=N–C) groups is 1. The zero-order valence-electron chi connectivity index (χ0n) is 11.4. The number of rotatable bonds is 3. The molecule has 21 heavy (non-hydrogen) atoms. The highest BCUT2D eigenvalue weighted by Crippen LogP contribution is 2.34. The van der Waals surface area contributed by atoms with Gasteiger partial charge in [0.05, 0.1) is 0 Å². The van der Waals surface area contributed by atoms with Gasteiger partial charge < -0.3 is 15.8 Å². The van der Waals surface area contributed by atoms with Gasteiger partial charge in [-0.1, -0.05) is 36.4 Å². The van der Waals surface area contributed by atoms with Crippen LogP contribution < -0.4 is 21.5 Å². The van der Waals surface area contributed by atoms with E-state index in [1.165, 1.54) is 0 Å². The van der Waals surface area contributed by atoms with Crippen molar-refractivity contribution in [3.63, 3.8) is 0 Å². The van der Waals surface area contributed by atoms with Crippen molar-refractivity contribution in [1.82, 2.24) is 5.32 Å². The summed E-state index contributed by atoms with van der Waals surface area (Å²) in [5, 5.41) is 2.80. The second-order valence-corrected chi connectivity index (χ2v) is 4.71. The number of nitrogens with one attached hydrogen (secondary N) is 1. The maximum atomic E-state index is 6.35. The van der Waals surface area contributed by atoms with E-state index in [2.05, 4.69) is 10.3 Å². The summed E-state index contributed by atoms with van der Waals surface area (Å²) in [6.07, 6.45) is 3.43. The lowest BCUT2D eigenvalue weighted by Crippen LogP contribution is -2.42. The summed E-state index contributed by atoms with van der Waals surface area (Å²) in [6.45, 7) is 0.